The average molecular weight is 237 g/mol. The quantitative estimate of drug-likeness (QED) is 0.667. The normalized spacial score (nSPS) is 12.9. The van der Waals surface area contributed by atoms with Gasteiger partial charge in [0.25, 0.3) is 0 Å². The van der Waals surface area contributed by atoms with E-state index in [1.54, 1.807) is 0 Å². The fraction of sp³-hybridized carbons (Fsp3) is 0.786. The average Bonchev–Trinajstić information content (AvgIpc) is 2.75. The van der Waals surface area contributed by atoms with Gasteiger partial charge in [-0.3, -0.25) is 4.68 Å². The van der Waals surface area contributed by atoms with Crippen LogP contribution in [0.1, 0.15) is 64.0 Å². The predicted molar refractivity (Wildman–Crippen MR) is 73.0 cm³/mol. The second-order valence-electron chi connectivity index (χ2n) is 4.80. The van der Waals surface area contributed by atoms with Crippen molar-refractivity contribution in [1.29, 1.82) is 0 Å². The fourth-order valence-corrected chi connectivity index (χ4v) is 2.10. The lowest BCUT2D eigenvalue weighted by molar-refractivity contribution is 0.470. The van der Waals surface area contributed by atoms with Crippen LogP contribution in [0.4, 0.5) is 0 Å². The molecule has 3 heteroatoms. The van der Waals surface area contributed by atoms with E-state index in [4.69, 9.17) is 0 Å². The molecule has 0 aliphatic carbocycles. The molecular weight excluding hydrogens is 210 g/mol. The molecule has 0 aromatic carbocycles. The van der Waals surface area contributed by atoms with Crippen LogP contribution in [0.5, 0.6) is 0 Å². The number of nitrogens with zero attached hydrogens (tertiary/aromatic N) is 2. The maximum Gasteiger partial charge on any atom is 0.0537 e. The third kappa shape index (κ3) is 5.35. The summed E-state index contributed by atoms with van der Waals surface area (Å²) in [6.45, 7) is 5.56. The summed E-state index contributed by atoms with van der Waals surface area (Å²) in [6, 6.07) is 0.487. The van der Waals surface area contributed by atoms with Crippen molar-refractivity contribution in [2.45, 2.75) is 58.4 Å². The molecule has 0 aliphatic heterocycles. The molecule has 1 N–H and O–H groups in total. The molecule has 17 heavy (non-hydrogen) atoms. The van der Waals surface area contributed by atoms with Crippen molar-refractivity contribution in [2.24, 2.45) is 7.05 Å². The zero-order chi connectivity index (χ0) is 12.5. The first-order valence-electron chi connectivity index (χ1n) is 6.99. The Kier molecular flexibility index (Phi) is 6.94. The fourth-order valence-electron chi connectivity index (χ4n) is 2.10. The number of rotatable bonds is 9. The van der Waals surface area contributed by atoms with E-state index in [2.05, 4.69) is 30.5 Å². The molecule has 0 aliphatic rings. The highest BCUT2D eigenvalue weighted by Gasteiger charge is 2.11. The van der Waals surface area contributed by atoms with E-state index in [1.807, 2.05) is 17.9 Å². The van der Waals surface area contributed by atoms with Gasteiger partial charge in [-0.2, -0.15) is 5.10 Å². The summed E-state index contributed by atoms with van der Waals surface area (Å²) in [7, 11) is 1.98. The molecule has 1 aromatic heterocycles. The summed E-state index contributed by atoms with van der Waals surface area (Å²) in [5, 5.41) is 7.89. The van der Waals surface area contributed by atoms with Gasteiger partial charge in [0, 0.05) is 24.8 Å². The van der Waals surface area contributed by atoms with Gasteiger partial charge < -0.3 is 5.32 Å². The van der Waals surface area contributed by atoms with Crippen molar-refractivity contribution >= 4 is 0 Å². The zero-order valence-corrected chi connectivity index (χ0v) is 11.6. The Morgan fingerprint density at radius 2 is 2.06 bits per heavy atom. The van der Waals surface area contributed by atoms with E-state index in [0.717, 1.165) is 6.54 Å². The summed E-state index contributed by atoms with van der Waals surface area (Å²) in [4.78, 5) is 0. The van der Waals surface area contributed by atoms with Crippen molar-refractivity contribution < 1.29 is 0 Å². The smallest absolute Gasteiger partial charge is 0.0537 e. The Morgan fingerprint density at radius 1 is 1.24 bits per heavy atom. The van der Waals surface area contributed by atoms with Crippen LogP contribution in [0.3, 0.4) is 0 Å². The molecule has 0 saturated carbocycles. The number of aromatic nitrogens is 2. The van der Waals surface area contributed by atoms with Crippen LogP contribution in [0, 0.1) is 0 Å². The van der Waals surface area contributed by atoms with Crippen molar-refractivity contribution in [2.75, 3.05) is 6.54 Å². The predicted octanol–water partition coefficient (Wildman–Crippen LogP) is 3.43. The van der Waals surface area contributed by atoms with Gasteiger partial charge in [-0.1, -0.05) is 39.5 Å². The molecule has 1 aromatic rings. The van der Waals surface area contributed by atoms with Crippen LogP contribution in [-0.4, -0.2) is 16.3 Å². The molecule has 1 heterocycles. The van der Waals surface area contributed by atoms with Gasteiger partial charge in [-0.05, 0) is 19.4 Å². The van der Waals surface area contributed by atoms with Crippen molar-refractivity contribution in [3.63, 3.8) is 0 Å². The molecule has 1 rings (SSSR count). The molecule has 98 valence electrons. The van der Waals surface area contributed by atoms with Crippen molar-refractivity contribution in [3.8, 4) is 0 Å². The van der Waals surface area contributed by atoms with Crippen molar-refractivity contribution in [3.05, 3.63) is 18.0 Å². The number of aryl methyl sites for hydroxylation is 1. The molecule has 1 unspecified atom stereocenters. The first-order valence-corrected chi connectivity index (χ1v) is 6.99. The summed E-state index contributed by atoms with van der Waals surface area (Å²) in [5.41, 5.74) is 1.33. The Morgan fingerprint density at radius 3 is 2.65 bits per heavy atom. The third-order valence-corrected chi connectivity index (χ3v) is 3.11. The van der Waals surface area contributed by atoms with Gasteiger partial charge in [0.1, 0.15) is 0 Å². The maximum atomic E-state index is 4.27. The molecule has 0 fully saturated rings. The molecule has 0 radical (unpaired) electrons. The highest BCUT2D eigenvalue weighted by Crippen LogP contribution is 2.19. The highest BCUT2D eigenvalue weighted by atomic mass is 15.2. The summed E-state index contributed by atoms with van der Waals surface area (Å²) in [6.07, 6.45) is 11.9. The second-order valence-corrected chi connectivity index (χ2v) is 4.80. The Hall–Kier alpha value is -0.830. The minimum Gasteiger partial charge on any atom is -0.310 e. The third-order valence-electron chi connectivity index (χ3n) is 3.11. The van der Waals surface area contributed by atoms with Gasteiger partial charge in [-0.25, -0.2) is 0 Å². The van der Waals surface area contributed by atoms with Crippen molar-refractivity contribution in [1.82, 2.24) is 15.1 Å². The van der Waals surface area contributed by atoms with Gasteiger partial charge in [0.05, 0.1) is 6.20 Å². The van der Waals surface area contributed by atoms with E-state index in [9.17, 15) is 0 Å². The number of hydrogen-bond donors (Lipinski definition) is 1. The SMILES string of the molecule is CCCCCCC(NCCC)c1cnn(C)c1. The van der Waals surface area contributed by atoms with E-state index in [0.29, 0.717) is 6.04 Å². The van der Waals surface area contributed by atoms with E-state index in [1.165, 1.54) is 44.1 Å². The lowest BCUT2D eigenvalue weighted by atomic mass is 10.0. The van der Waals surface area contributed by atoms with Gasteiger partial charge in [0.15, 0.2) is 0 Å². The molecule has 0 spiro atoms. The topological polar surface area (TPSA) is 29.9 Å². The van der Waals surface area contributed by atoms with Crippen LogP contribution in [-0.2, 0) is 7.05 Å². The lowest BCUT2D eigenvalue weighted by Crippen LogP contribution is -2.21. The molecule has 0 amide bonds. The van der Waals surface area contributed by atoms with Crippen LogP contribution in [0.15, 0.2) is 12.4 Å². The lowest BCUT2D eigenvalue weighted by Gasteiger charge is -2.16. The second kappa shape index (κ2) is 8.29. The minimum atomic E-state index is 0.487. The Balaban J connectivity index is 2.42. The molecule has 3 nitrogen and oxygen atoms in total. The monoisotopic (exact) mass is 237 g/mol. The van der Waals surface area contributed by atoms with E-state index in [-0.39, 0.29) is 0 Å². The number of unbranched alkanes of at least 4 members (excludes halogenated alkanes) is 3. The standard InChI is InChI=1S/C14H27N3/c1-4-6-7-8-9-14(15-10-5-2)13-11-16-17(3)12-13/h11-12,14-15H,4-10H2,1-3H3. The molecule has 0 saturated heterocycles. The maximum absolute atomic E-state index is 4.27. The van der Waals surface area contributed by atoms with Crippen LogP contribution < -0.4 is 5.32 Å². The number of nitrogens with one attached hydrogen (secondary N) is 1. The first kappa shape index (κ1) is 14.2. The molecular formula is C14H27N3. The van der Waals surface area contributed by atoms with Gasteiger partial charge in [-0.15, -0.1) is 0 Å². The molecule has 1 atom stereocenters. The summed E-state index contributed by atoms with van der Waals surface area (Å²) >= 11 is 0. The van der Waals surface area contributed by atoms with Gasteiger partial charge >= 0.3 is 0 Å². The summed E-state index contributed by atoms with van der Waals surface area (Å²) in [5.74, 6) is 0. The van der Waals surface area contributed by atoms with Crippen LogP contribution in [0.2, 0.25) is 0 Å². The first-order chi connectivity index (χ1) is 8.27. The largest absolute Gasteiger partial charge is 0.310 e. The Labute approximate surface area is 106 Å². The van der Waals surface area contributed by atoms with Crippen LogP contribution in [0.25, 0.3) is 0 Å². The summed E-state index contributed by atoms with van der Waals surface area (Å²) < 4.78 is 1.89. The minimum absolute atomic E-state index is 0.487. The Bertz CT molecular complexity index is 293. The molecule has 0 bridgehead atoms. The van der Waals surface area contributed by atoms with Crippen LogP contribution >= 0.6 is 0 Å². The van der Waals surface area contributed by atoms with Gasteiger partial charge in [0.2, 0.25) is 0 Å². The van der Waals surface area contributed by atoms with E-state index >= 15 is 0 Å². The van der Waals surface area contributed by atoms with E-state index < -0.39 is 0 Å². The highest BCUT2D eigenvalue weighted by molar-refractivity contribution is 5.10. The number of hydrogen-bond acceptors (Lipinski definition) is 2. The zero-order valence-electron chi connectivity index (χ0n) is 11.6.